The molecule has 240 valence electrons. The fourth-order valence-corrected chi connectivity index (χ4v) is 5.54. The summed E-state index contributed by atoms with van der Waals surface area (Å²) in [5.74, 6) is -0.183. The first-order valence-electron chi connectivity index (χ1n) is 13.7. The van der Waals surface area contributed by atoms with Crippen molar-refractivity contribution < 1.29 is 43.2 Å². The van der Waals surface area contributed by atoms with Gasteiger partial charge in [0.05, 0.1) is 65.3 Å². The van der Waals surface area contributed by atoms with E-state index in [0.29, 0.717) is 28.6 Å². The molecular formula is C31H29Cl4NO9. The fraction of sp³-hybridized carbons (Fsp3) is 0.323. The molecule has 1 aromatic heterocycles. The number of methoxy groups -OCH3 is 2. The Bertz CT molecular complexity index is 1630. The Morgan fingerprint density at radius 1 is 0.822 bits per heavy atom. The predicted octanol–water partition coefficient (Wildman–Crippen LogP) is 6.96. The summed E-state index contributed by atoms with van der Waals surface area (Å²) in [4.78, 5) is 27.6. The van der Waals surface area contributed by atoms with Crippen LogP contribution in [0.1, 0.15) is 35.2 Å². The molecule has 0 amide bonds. The van der Waals surface area contributed by atoms with E-state index in [1.165, 1.54) is 20.3 Å². The number of aliphatic hydroxyl groups excluding tert-OH is 2. The van der Waals surface area contributed by atoms with Gasteiger partial charge < -0.3 is 33.6 Å². The lowest BCUT2D eigenvalue weighted by atomic mass is 10.1. The molecule has 4 aromatic rings. The van der Waals surface area contributed by atoms with Crippen LogP contribution in [-0.2, 0) is 20.7 Å². The molecular weight excluding hydrogens is 672 g/mol. The largest absolute Gasteiger partial charge is 0.490 e. The van der Waals surface area contributed by atoms with Gasteiger partial charge in [-0.15, -0.1) is 0 Å². The summed E-state index contributed by atoms with van der Waals surface area (Å²) in [5.41, 5.74) is 2.46. The monoisotopic (exact) mass is 699 g/mol. The van der Waals surface area contributed by atoms with Gasteiger partial charge in [-0.05, 0) is 54.4 Å². The Morgan fingerprint density at radius 2 is 1.38 bits per heavy atom. The van der Waals surface area contributed by atoms with Crippen molar-refractivity contribution in [3.05, 3.63) is 73.7 Å². The number of carbonyl (C=O) groups excluding carboxylic acids is 2. The van der Waals surface area contributed by atoms with E-state index in [2.05, 4.69) is 9.72 Å². The molecule has 2 atom stereocenters. The summed E-state index contributed by atoms with van der Waals surface area (Å²) in [6, 6.07) is 11.2. The van der Waals surface area contributed by atoms with Gasteiger partial charge in [0.2, 0.25) is 5.89 Å². The first-order valence-corrected chi connectivity index (χ1v) is 15.2. The number of oxazole rings is 1. The highest BCUT2D eigenvalue weighted by molar-refractivity contribution is 6.38. The number of fused-ring (bicyclic) bond motifs is 1. The van der Waals surface area contributed by atoms with E-state index in [-0.39, 0.29) is 75.9 Å². The third-order valence-corrected chi connectivity index (χ3v) is 7.85. The number of hydrogen-bond donors (Lipinski definition) is 2. The van der Waals surface area contributed by atoms with Crippen LogP contribution in [0, 0.1) is 0 Å². The summed E-state index contributed by atoms with van der Waals surface area (Å²) < 4.78 is 26.6. The second kappa shape index (κ2) is 15.8. The summed E-state index contributed by atoms with van der Waals surface area (Å²) in [7, 11) is 2.61. The van der Waals surface area contributed by atoms with Gasteiger partial charge in [0.25, 0.3) is 0 Å². The van der Waals surface area contributed by atoms with Crippen LogP contribution in [0.15, 0.2) is 46.9 Å². The summed E-state index contributed by atoms with van der Waals surface area (Å²) >= 11 is 25.5. The molecule has 0 aliphatic rings. The van der Waals surface area contributed by atoms with E-state index in [9.17, 15) is 19.8 Å². The standard InChI is InChI=1S/C31H29Cl4NO9/c1-41-27(39)6-3-16-11-19(32)28(20(33)12-16)43-9-7-24(37)25(38)8-10-44-29-21(34)13-18(14-22(29)35)30-36-23-5-4-17(31(40)42-2)15-26(23)45-30/h4-5,11-15,24-25,37-38H,3,6-10H2,1-2H3/t24-,25-/m1/s1. The Balaban J connectivity index is 1.28. The van der Waals surface area contributed by atoms with Gasteiger partial charge in [-0.3, -0.25) is 4.79 Å². The zero-order valence-electron chi connectivity index (χ0n) is 24.2. The number of hydrogen-bond acceptors (Lipinski definition) is 10. The van der Waals surface area contributed by atoms with Gasteiger partial charge >= 0.3 is 11.9 Å². The number of carbonyl (C=O) groups is 2. The van der Waals surface area contributed by atoms with E-state index in [4.69, 9.17) is 65.0 Å². The highest BCUT2D eigenvalue weighted by Crippen LogP contribution is 2.38. The highest BCUT2D eigenvalue weighted by atomic mass is 35.5. The minimum absolute atomic E-state index is 0.00174. The van der Waals surface area contributed by atoms with Crippen molar-refractivity contribution in [1.29, 1.82) is 0 Å². The van der Waals surface area contributed by atoms with Crippen LogP contribution < -0.4 is 9.47 Å². The fourth-order valence-electron chi connectivity index (χ4n) is 4.31. The van der Waals surface area contributed by atoms with Gasteiger partial charge in [0, 0.05) is 24.8 Å². The van der Waals surface area contributed by atoms with Gasteiger partial charge in [0.1, 0.15) is 5.52 Å². The molecule has 0 aliphatic carbocycles. The predicted molar refractivity (Wildman–Crippen MR) is 170 cm³/mol. The SMILES string of the molecule is COC(=O)CCc1cc(Cl)c(OCC[C@@H](O)[C@H](O)CCOc2c(Cl)cc(-c3nc4ccc(C(=O)OC)cc4o3)cc2Cl)c(Cl)c1. The van der Waals surface area contributed by atoms with Crippen molar-refractivity contribution in [2.45, 2.75) is 37.9 Å². The molecule has 0 saturated carbocycles. The Hall–Kier alpha value is -3.25. The second-order valence-corrected chi connectivity index (χ2v) is 11.5. The molecule has 45 heavy (non-hydrogen) atoms. The van der Waals surface area contributed by atoms with Crippen molar-refractivity contribution >= 4 is 69.4 Å². The molecule has 1 heterocycles. The number of aliphatic hydroxyl groups is 2. The summed E-state index contributed by atoms with van der Waals surface area (Å²) in [5, 5.41) is 21.8. The highest BCUT2D eigenvalue weighted by Gasteiger charge is 2.20. The quantitative estimate of drug-likeness (QED) is 0.133. The number of aryl methyl sites for hydroxylation is 1. The van der Waals surface area contributed by atoms with Crippen LogP contribution in [0.4, 0.5) is 0 Å². The van der Waals surface area contributed by atoms with Crippen LogP contribution >= 0.6 is 46.4 Å². The van der Waals surface area contributed by atoms with Crippen LogP contribution in [0.5, 0.6) is 11.5 Å². The minimum Gasteiger partial charge on any atom is -0.490 e. The maximum absolute atomic E-state index is 11.8. The third-order valence-electron chi connectivity index (χ3n) is 6.72. The lowest BCUT2D eigenvalue weighted by molar-refractivity contribution is -0.140. The van der Waals surface area contributed by atoms with Crippen molar-refractivity contribution in [3.8, 4) is 23.0 Å². The third kappa shape index (κ3) is 8.94. The Kier molecular flexibility index (Phi) is 12.2. The first-order chi connectivity index (χ1) is 21.5. The molecule has 3 aromatic carbocycles. The summed E-state index contributed by atoms with van der Waals surface area (Å²) in [6.45, 7) is 0.0285. The summed E-state index contributed by atoms with van der Waals surface area (Å²) in [6.07, 6.45) is -1.52. The average molecular weight is 701 g/mol. The van der Waals surface area contributed by atoms with Gasteiger partial charge in [0.15, 0.2) is 17.1 Å². The molecule has 0 saturated heterocycles. The number of esters is 2. The second-order valence-electron chi connectivity index (χ2n) is 9.84. The van der Waals surface area contributed by atoms with Crippen molar-refractivity contribution in [1.82, 2.24) is 4.98 Å². The van der Waals surface area contributed by atoms with Crippen molar-refractivity contribution in [2.75, 3.05) is 27.4 Å². The van der Waals surface area contributed by atoms with Crippen LogP contribution in [-0.4, -0.2) is 66.8 Å². The van der Waals surface area contributed by atoms with Crippen molar-refractivity contribution in [2.24, 2.45) is 0 Å². The molecule has 0 unspecified atom stereocenters. The van der Waals surface area contributed by atoms with Gasteiger partial charge in [-0.1, -0.05) is 46.4 Å². The van der Waals surface area contributed by atoms with E-state index >= 15 is 0 Å². The minimum atomic E-state index is -1.13. The average Bonchev–Trinajstić information content (AvgIpc) is 3.45. The molecule has 0 bridgehead atoms. The molecule has 0 spiro atoms. The molecule has 0 fully saturated rings. The normalized spacial score (nSPS) is 12.5. The van der Waals surface area contributed by atoms with Gasteiger partial charge in [-0.25, -0.2) is 9.78 Å². The Morgan fingerprint density at radius 3 is 1.91 bits per heavy atom. The van der Waals surface area contributed by atoms with E-state index in [1.807, 2.05) is 0 Å². The topological polar surface area (TPSA) is 138 Å². The molecule has 0 radical (unpaired) electrons. The number of halogens is 4. The van der Waals surface area contributed by atoms with Crippen LogP contribution in [0.3, 0.4) is 0 Å². The number of aromatic nitrogens is 1. The molecule has 4 rings (SSSR count). The van der Waals surface area contributed by atoms with Gasteiger partial charge in [-0.2, -0.15) is 0 Å². The van der Waals surface area contributed by atoms with E-state index < -0.39 is 18.2 Å². The molecule has 0 aliphatic heterocycles. The molecule has 10 nitrogen and oxygen atoms in total. The molecule has 14 heteroatoms. The number of benzene rings is 3. The first kappa shape index (κ1) is 34.6. The number of nitrogens with zero attached hydrogens (tertiary/aromatic N) is 1. The van der Waals surface area contributed by atoms with Crippen LogP contribution in [0.2, 0.25) is 20.1 Å². The zero-order valence-corrected chi connectivity index (χ0v) is 27.2. The number of ether oxygens (including phenoxy) is 4. The maximum atomic E-state index is 11.8. The molecule has 2 N–H and O–H groups in total. The van der Waals surface area contributed by atoms with E-state index in [1.54, 1.807) is 36.4 Å². The van der Waals surface area contributed by atoms with Crippen molar-refractivity contribution in [3.63, 3.8) is 0 Å². The maximum Gasteiger partial charge on any atom is 0.337 e. The Labute approximate surface area is 278 Å². The van der Waals surface area contributed by atoms with E-state index in [0.717, 1.165) is 5.56 Å². The van der Waals surface area contributed by atoms with Crippen LogP contribution in [0.25, 0.3) is 22.6 Å². The smallest absolute Gasteiger partial charge is 0.337 e. The lowest BCUT2D eigenvalue weighted by Gasteiger charge is -2.19. The number of rotatable bonds is 14. The lowest BCUT2D eigenvalue weighted by Crippen LogP contribution is -2.29. The zero-order chi connectivity index (χ0) is 32.7.